The van der Waals surface area contributed by atoms with Gasteiger partial charge in [-0.25, -0.2) is 4.98 Å². The Bertz CT molecular complexity index is 887. The number of pyridine rings is 1. The molecule has 2 heterocycles. The summed E-state index contributed by atoms with van der Waals surface area (Å²) in [6.07, 6.45) is 3.23. The second-order valence-corrected chi connectivity index (χ2v) is 6.33. The molecule has 0 unspecified atom stereocenters. The number of anilines is 1. The Kier molecular flexibility index (Phi) is 4.34. The number of aldehydes is 1. The van der Waals surface area contributed by atoms with E-state index in [0.717, 1.165) is 35.8 Å². The van der Waals surface area contributed by atoms with Crippen molar-refractivity contribution in [3.05, 3.63) is 65.9 Å². The molecular formula is C21H20N2O2. The van der Waals surface area contributed by atoms with E-state index in [9.17, 15) is 4.79 Å². The molecule has 4 heteroatoms. The number of hydrogen-bond donors (Lipinski definition) is 0. The van der Waals surface area contributed by atoms with Crippen LogP contribution in [-0.2, 0) is 6.61 Å². The average molecular weight is 332 g/mol. The van der Waals surface area contributed by atoms with Crippen molar-refractivity contribution in [2.75, 3.05) is 18.0 Å². The summed E-state index contributed by atoms with van der Waals surface area (Å²) in [6, 6.07) is 17.9. The van der Waals surface area contributed by atoms with Gasteiger partial charge in [0, 0.05) is 30.2 Å². The normalized spacial score (nSPS) is 14.0. The molecule has 3 aromatic rings. The van der Waals surface area contributed by atoms with Crippen molar-refractivity contribution in [3.63, 3.8) is 0 Å². The van der Waals surface area contributed by atoms with Crippen molar-refractivity contribution in [3.8, 4) is 5.75 Å². The van der Waals surface area contributed by atoms with Gasteiger partial charge in [0.05, 0.1) is 5.52 Å². The fourth-order valence-electron chi connectivity index (χ4n) is 3.29. The molecular weight excluding hydrogens is 312 g/mol. The van der Waals surface area contributed by atoms with Gasteiger partial charge in [-0.1, -0.05) is 30.3 Å². The molecule has 25 heavy (non-hydrogen) atoms. The summed E-state index contributed by atoms with van der Waals surface area (Å²) in [7, 11) is 0. The van der Waals surface area contributed by atoms with Gasteiger partial charge in [0.15, 0.2) is 6.29 Å². The van der Waals surface area contributed by atoms with Crippen LogP contribution in [0, 0.1) is 0 Å². The Labute approximate surface area is 147 Å². The molecule has 126 valence electrons. The Morgan fingerprint density at radius 1 is 1.04 bits per heavy atom. The molecule has 0 bridgehead atoms. The molecule has 0 aliphatic carbocycles. The second kappa shape index (κ2) is 6.93. The summed E-state index contributed by atoms with van der Waals surface area (Å²) in [5.74, 6) is 0.706. The highest BCUT2D eigenvalue weighted by molar-refractivity contribution is 5.91. The first-order chi connectivity index (χ1) is 12.3. The van der Waals surface area contributed by atoms with E-state index >= 15 is 0 Å². The zero-order valence-corrected chi connectivity index (χ0v) is 14.0. The molecule has 0 spiro atoms. The third-order valence-corrected chi connectivity index (χ3v) is 4.60. The molecule has 0 amide bonds. The number of ether oxygens (including phenoxy) is 1. The van der Waals surface area contributed by atoms with Gasteiger partial charge in [-0.15, -0.1) is 0 Å². The van der Waals surface area contributed by atoms with Crippen LogP contribution in [0.25, 0.3) is 10.9 Å². The predicted molar refractivity (Wildman–Crippen MR) is 99.4 cm³/mol. The summed E-state index contributed by atoms with van der Waals surface area (Å²) in [4.78, 5) is 18.0. The lowest BCUT2D eigenvalue weighted by molar-refractivity contribution is 0.111. The number of benzene rings is 2. The lowest BCUT2D eigenvalue weighted by atomic mass is 10.1. The van der Waals surface area contributed by atoms with Crippen LogP contribution in [-0.4, -0.2) is 24.4 Å². The van der Waals surface area contributed by atoms with Crippen molar-refractivity contribution in [2.24, 2.45) is 0 Å². The third-order valence-electron chi connectivity index (χ3n) is 4.60. The highest BCUT2D eigenvalue weighted by atomic mass is 16.5. The zero-order valence-electron chi connectivity index (χ0n) is 14.0. The molecule has 4 rings (SSSR count). The number of carbonyl (C=O) groups excluding carboxylic acids is 1. The first-order valence-electron chi connectivity index (χ1n) is 8.65. The van der Waals surface area contributed by atoms with Gasteiger partial charge in [-0.05, 0) is 36.6 Å². The van der Waals surface area contributed by atoms with Gasteiger partial charge in [-0.3, -0.25) is 4.79 Å². The minimum atomic E-state index is 0.393. The predicted octanol–water partition coefficient (Wildman–Crippen LogP) is 4.23. The van der Waals surface area contributed by atoms with Crippen LogP contribution < -0.4 is 9.64 Å². The second-order valence-electron chi connectivity index (χ2n) is 6.33. The molecule has 0 radical (unpaired) electrons. The Morgan fingerprint density at radius 2 is 1.84 bits per heavy atom. The maximum absolute atomic E-state index is 11.2. The highest BCUT2D eigenvalue weighted by Crippen LogP contribution is 2.31. The topological polar surface area (TPSA) is 42.4 Å². The number of carbonyl (C=O) groups is 1. The van der Waals surface area contributed by atoms with Crippen molar-refractivity contribution in [2.45, 2.75) is 19.4 Å². The van der Waals surface area contributed by atoms with Crippen LogP contribution in [0.2, 0.25) is 0 Å². The summed E-state index contributed by atoms with van der Waals surface area (Å²) >= 11 is 0. The smallest absolute Gasteiger partial charge is 0.168 e. The minimum absolute atomic E-state index is 0.393. The largest absolute Gasteiger partial charge is 0.488 e. The Balaban J connectivity index is 1.71. The van der Waals surface area contributed by atoms with E-state index in [1.165, 1.54) is 18.5 Å². The van der Waals surface area contributed by atoms with Crippen LogP contribution in [0.1, 0.15) is 28.9 Å². The van der Waals surface area contributed by atoms with E-state index in [4.69, 9.17) is 4.74 Å². The van der Waals surface area contributed by atoms with Gasteiger partial charge in [-0.2, -0.15) is 0 Å². The van der Waals surface area contributed by atoms with Crippen LogP contribution in [0.4, 0.5) is 5.69 Å². The number of aromatic nitrogens is 1. The first kappa shape index (κ1) is 15.6. The number of nitrogens with zero attached hydrogens (tertiary/aromatic N) is 2. The molecule has 1 fully saturated rings. The number of fused-ring (bicyclic) bond motifs is 1. The molecule has 0 N–H and O–H groups in total. The quantitative estimate of drug-likeness (QED) is 0.656. The first-order valence-corrected chi connectivity index (χ1v) is 8.65. The summed E-state index contributed by atoms with van der Waals surface area (Å²) in [5, 5.41) is 0.950. The van der Waals surface area contributed by atoms with E-state index in [0.29, 0.717) is 18.1 Å². The Hall–Kier alpha value is -2.88. The highest BCUT2D eigenvalue weighted by Gasteiger charge is 2.15. The molecule has 1 aliphatic rings. The zero-order chi connectivity index (χ0) is 17.1. The Morgan fingerprint density at radius 3 is 2.60 bits per heavy atom. The maximum Gasteiger partial charge on any atom is 0.168 e. The van der Waals surface area contributed by atoms with Crippen LogP contribution >= 0.6 is 0 Å². The lowest BCUT2D eigenvalue weighted by Gasteiger charge is -2.19. The fraction of sp³-hybridized carbons (Fsp3) is 0.238. The molecule has 1 aromatic heterocycles. The van der Waals surface area contributed by atoms with Gasteiger partial charge in [0.2, 0.25) is 0 Å². The van der Waals surface area contributed by atoms with Gasteiger partial charge in [0.25, 0.3) is 0 Å². The average Bonchev–Trinajstić information content (AvgIpc) is 3.21. The van der Waals surface area contributed by atoms with Gasteiger partial charge in [0.1, 0.15) is 18.1 Å². The fourth-order valence-corrected chi connectivity index (χ4v) is 3.29. The van der Waals surface area contributed by atoms with E-state index in [2.05, 4.69) is 22.0 Å². The molecule has 2 aromatic carbocycles. The van der Waals surface area contributed by atoms with E-state index in [1.54, 1.807) is 6.07 Å². The van der Waals surface area contributed by atoms with Crippen LogP contribution in [0.5, 0.6) is 5.75 Å². The summed E-state index contributed by atoms with van der Waals surface area (Å²) in [6.45, 7) is 2.64. The number of hydrogen-bond acceptors (Lipinski definition) is 4. The standard InChI is InChI=1S/C21H20N2O2/c24-14-17-12-21(25-15-16-6-2-1-3-7-16)19-13-18(8-9-20(19)22-17)23-10-4-5-11-23/h1-3,6-9,12-14H,4-5,10-11,15H2. The van der Waals surface area contributed by atoms with Crippen LogP contribution in [0.3, 0.4) is 0 Å². The summed E-state index contributed by atoms with van der Waals surface area (Å²) in [5.41, 5.74) is 3.46. The lowest BCUT2D eigenvalue weighted by Crippen LogP contribution is -2.17. The SMILES string of the molecule is O=Cc1cc(OCc2ccccc2)c2cc(N3CCCC3)ccc2n1. The molecule has 1 saturated heterocycles. The van der Waals surface area contributed by atoms with E-state index in [-0.39, 0.29) is 0 Å². The van der Waals surface area contributed by atoms with Crippen molar-refractivity contribution >= 4 is 22.9 Å². The van der Waals surface area contributed by atoms with Crippen LogP contribution in [0.15, 0.2) is 54.6 Å². The van der Waals surface area contributed by atoms with Crippen molar-refractivity contribution < 1.29 is 9.53 Å². The van der Waals surface area contributed by atoms with Gasteiger partial charge < -0.3 is 9.64 Å². The maximum atomic E-state index is 11.2. The van der Waals surface area contributed by atoms with Crippen molar-refractivity contribution in [1.29, 1.82) is 0 Å². The summed E-state index contributed by atoms with van der Waals surface area (Å²) < 4.78 is 6.05. The monoisotopic (exact) mass is 332 g/mol. The number of rotatable bonds is 5. The van der Waals surface area contributed by atoms with E-state index in [1.807, 2.05) is 36.4 Å². The molecule has 1 aliphatic heterocycles. The van der Waals surface area contributed by atoms with Crippen molar-refractivity contribution in [1.82, 2.24) is 4.98 Å². The minimum Gasteiger partial charge on any atom is -0.488 e. The molecule has 0 atom stereocenters. The van der Waals surface area contributed by atoms with E-state index < -0.39 is 0 Å². The molecule has 0 saturated carbocycles. The molecule has 4 nitrogen and oxygen atoms in total. The third kappa shape index (κ3) is 3.33. The van der Waals surface area contributed by atoms with Gasteiger partial charge >= 0.3 is 0 Å².